The Morgan fingerprint density at radius 1 is 0.640 bits per heavy atom. The average molecular weight is 1210 g/mol. The maximum absolute atomic E-state index is 14.7. The van der Waals surface area contributed by atoms with Crippen molar-refractivity contribution in [1.82, 2.24) is 52.8 Å². The number of carbonyl (C=O) groups excluding carboxylic acids is 11. The van der Waals surface area contributed by atoms with E-state index in [1.54, 1.807) is 44.2 Å². The van der Waals surface area contributed by atoms with Gasteiger partial charge in [-0.1, -0.05) is 50.6 Å². The number of guanidine groups is 3. The summed E-state index contributed by atoms with van der Waals surface area (Å²) >= 11 is 0. The van der Waals surface area contributed by atoms with E-state index in [0.29, 0.717) is 37.8 Å². The summed E-state index contributed by atoms with van der Waals surface area (Å²) in [7, 11) is 0. The minimum atomic E-state index is -1.64. The molecule has 0 unspecified atom stereocenters. The Kier molecular flexibility index (Phi) is 31.1. The third-order valence-corrected chi connectivity index (χ3v) is 14.2. The Hall–Kier alpha value is -8.88. The first-order valence-corrected chi connectivity index (χ1v) is 28.8. The summed E-state index contributed by atoms with van der Waals surface area (Å²) in [6.45, 7) is 2.75. The summed E-state index contributed by atoms with van der Waals surface area (Å²) < 4.78 is 0. The molecule has 0 aliphatic carbocycles. The Balaban J connectivity index is 2.01. The Labute approximate surface area is 499 Å². The van der Waals surface area contributed by atoms with Crippen LogP contribution in [0.15, 0.2) is 45.3 Å². The molecular weight excluding hydrogens is 1120 g/mol. The molecule has 0 aromatic heterocycles. The van der Waals surface area contributed by atoms with Crippen LogP contribution in [-0.2, 0) is 59.2 Å². The van der Waals surface area contributed by atoms with Gasteiger partial charge >= 0.3 is 0 Å². The molecule has 27 N–H and O–H groups in total. The molecular formula is C53H90N22O11. The van der Waals surface area contributed by atoms with Crippen molar-refractivity contribution in [2.24, 2.45) is 72.5 Å². The van der Waals surface area contributed by atoms with Crippen LogP contribution in [-0.4, -0.2) is 188 Å². The molecule has 2 heterocycles. The highest BCUT2D eigenvalue weighted by Crippen LogP contribution is 2.21. The van der Waals surface area contributed by atoms with Crippen molar-refractivity contribution in [2.75, 3.05) is 45.8 Å². The van der Waals surface area contributed by atoms with E-state index in [0.717, 1.165) is 0 Å². The van der Waals surface area contributed by atoms with Gasteiger partial charge in [-0.3, -0.25) is 67.7 Å². The van der Waals surface area contributed by atoms with E-state index in [2.05, 4.69) is 62.8 Å². The zero-order chi connectivity index (χ0) is 63.9. The number of hydrogen-bond donors (Lipinski definition) is 18. The topological polar surface area (TPSA) is 571 Å². The summed E-state index contributed by atoms with van der Waals surface area (Å²) in [6, 6.07) is -3.51. The molecule has 478 valence electrons. The van der Waals surface area contributed by atoms with Crippen molar-refractivity contribution < 1.29 is 52.7 Å². The second-order valence-electron chi connectivity index (χ2n) is 21.0. The third kappa shape index (κ3) is 25.5. The standard InChI is InChI=1S/C53H90N22O11/c1-3-29(2)41(49(85)72-35(18-11-23-65-53(61)62)50(86)75-24-12-19-38(75)48(84)69-32(42(56)78)15-7-8-20-54)74-45(81)34(17-10-22-64-52(59)60)70-44(80)33(16-9-21-63-51(57)58)71-47(83)37-27-66-39(76)26-31(55)43(79)67-28-40(77)68-36(46(82)73-37)25-30-13-5-4-6-14-30/h4-6,13-14,29,31-38,41H,3,7-12,15-28,54-55H2,1-2H3,(H2,56,78)(H,66,76)(H,67,79)(H,68,77)(H,69,84)(H,70,80)(H,71,83)(H,72,85)(H,73,82)(H,74,81)(H4,57,58,63)(H4,59,60,64)(H4,61,62,65)/t29-,31+,32-,33-,34-,35-,36-,37-,38-,41-/m0/s1. The van der Waals surface area contributed by atoms with Crippen LogP contribution < -0.4 is 99.5 Å². The van der Waals surface area contributed by atoms with Gasteiger partial charge in [0.25, 0.3) is 0 Å². The highest BCUT2D eigenvalue weighted by atomic mass is 16.2. The Morgan fingerprint density at radius 3 is 1.76 bits per heavy atom. The fraction of sp³-hybridized carbons (Fsp3) is 0.623. The minimum absolute atomic E-state index is 0.0129. The molecule has 0 radical (unpaired) electrons. The molecule has 33 nitrogen and oxygen atoms in total. The number of unbranched alkanes of at least 4 members (excludes halogenated alkanes) is 1. The molecule has 2 aliphatic heterocycles. The molecule has 1 aromatic carbocycles. The first-order valence-electron chi connectivity index (χ1n) is 28.8. The van der Waals surface area contributed by atoms with Crippen LogP contribution in [0.25, 0.3) is 0 Å². The fourth-order valence-corrected chi connectivity index (χ4v) is 9.28. The number of hydrogen-bond acceptors (Lipinski definition) is 16. The normalized spacial score (nSPS) is 19.5. The molecule has 2 saturated heterocycles. The number of primary amides is 1. The molecule has 2 fully saturated rings. The molecule has 86 heavy (non-hydrogen) atoms. The van der Waals surface area contributed by atoms with E-state index in [1.807, 2.05) is 0 Å². The summed E-state index contributed by atoms with van der Waals surface area (Å²) in [5, 5.41) is 23.4. The highest BCUT2D eigenvalue weighted by Gasteiger charge is 2.41. The quantitative estimate of drug-likeness (QED) is 0.0181. The average Bonchev–Trinajstić information content (AvgIpc) is 3.06. The number of carbonyl (C=O) groups is 11. The second kappa shape index (κ2) is 37.4. The van der Waals surface area contributed by atoms with Gasteiger partial charge in [-0.15, -0.1) is 0 Å². The van der Waals surface area contributed by atoms with Gasteiger partial charge in [0.2, 0.25) is 65.0 Å². The van der Waals surface area contributed by atoms with Crippen LogP contribution in [0.2, 0.25) is 0 Å². The van der Waals surface area contributed by atoms with Gasteiger partial charge in [0.1, 0.15) is 48.3 Å². The molecule has 0 spiro atoms. The van der Waals surface area contributed by atoms with Gasteiger partial charge < -0.3 is 104 Å². The van der Waals surface area contributed by atoms with Crippen LogP contribution in [0, 0.1) is 5.92 Å². The van der Waals surface area contributed by atoms with E-state index in [1.165, 1.54) is 4.90 Å². The summed E-state index contributed by atoms with van der Waals surface area (Å²) in [5.74, 6) is -10.3. The fourth-order valence-electron chi connectivity index (χ4n) is 9.28. The third-order valence-electron chi connectivity index (χ3n) is 14.2. The SMILES string of the molecule is CC[C@H](C)[C@H](NC(=O)[C@H](CCCN=C(N)N)NC(=O)[C@H](CCCN=C(N)N)NC(=O)[C@@H]1CNC(=O)C[C@@H](N)C(=O)NCC(=O)N[C@@H](Cc2ccccc2)C(=O)N1)C(=O)N[C@@H](CCCN=C(N)N)C(=O)N1CCC[C@H]1C(=O)N[C@@H](CCCCN)C(N)=O. The lowest BCUT2D eigenvalue weighted by Gasteiger charge is -2.32. The Bertz CT molecular complexity index is 2560. The van der Waals surface area contributed by atoms with Crippen LogP contribution >= 0.6 is 0 Å². The van der Waals surface area contributed by atoms with E-state index >= 15 is 0 Å². The van der Waals surface area contributed by atoms with E-state index in [9.17, 15) is 52.7 Å². The zero-order valence-electron chi connectivity index (χ0n) is 49.0. The van der Waals surface area contributed by atoms with E-state index in [4.69, 9.17) is 51.6 Å². The van der Waals surface area contributed by atoms with Crippen LogP contribution in [0.1, 0.15) is 103 Å². The number of rotatable bonds is 32. The van der Waals surface area contributed by atoms with Gasteiger partial charge in [0, 0.05) is 39.1 Å². The molecule has 0 bridgehead atoms. The minimum Gasteiger partial charge on any atom is -0.370 e. The smallest absolute Gasteiger partial charge is 0.245 e. The molecule has 2 aliphatic rings. The van der Waals surface area contributed by atoms with Crippen LogP contribution in [0.4, 0.5) is 0 Å². The van der Waals surface area contributed by atoms with Crippen molar-refractivity contribution >= 4 is 82.9 Å². The van der Waals surface area contributed by atoms with E-state index < -0.39 is 145 Å². The number of benzene rings is 1. The van der Waals surface area contributed by atoms with E-state index in [-0.39, 0.29) is 102 Å². The maximum atomic E-state index is 14.7. The number of likely N-dealkylation sites (tertiary alicyclic amines) is 1. The van der Waals surface area contributed by atoms with Gasteiger partial charge in [0.15, 0.2) is 17.9 Å². The zero-order valence-corrected chi connectivity index (χ0v) is 49.0. The van der Waals surface area contributed by atoms with Crippen molar-refractivity contribution in [2.45, 2.75) is 158 Å². The number of nitrogens with one attached hydrogen (secondary N) is 9. The van der Waals surface area contributed by atoms with Crippen LogP contribution in [0.3, 0.4) is 0 Å². The largest absolute Gasteiger partial charge is 0.370 e. The maximum Gasteiger partial charge on any atom is 0.245 e. The number of nitrogens with two attached hydrogens (primary N) is 9. The number of aliphatic imine (C=N–C) groups is 3. The predicted molar refractivity (Wildman–Crippen MR) is 318 cm³/mol. The number of amides is 11. The van der Waals surface area contributed by atoms with Crippen molar-refractivity contribution in [3.05, 3.63) is 35.9 Å². The lowest BCUT2D eigenvalue weighted by molar-refractivity contribution is -0.142. The Morgan fingerprint density at radius 2 is 1.19 bits per heavy atom. The molecule has 10 atom stereocenters. The monoisotopic (exact) mass is 1210 g/mol. The van der Waals surface area contributed by atoms with Crippen LogP contribution in [0.5, 0.6) is 0 Å². The molecule has 11 amide bonds. The van der Waals surface area contributed by atoms with Gasteiger partial charge in [-0.25, -0.2) is 0 Å². The van der Waals surface area contributed by atoms with Crippen molar-refractivity contribution in [1.29, 1.82) is 0 Å². The van der Waals surface area contributed by atoms with Crippen molar-refractivity contribution in [3.8, 4) is 0 Å². The van der Waals surface area contributed by atoms with Gasteiger partial charge in [-0.2, -0.15) is 0 Å². The predicted octanol–water partition coefficient (Wildman–Crippen LogP) is -7.60. The van der Waals surface area contributed by atoms with Gasteiger partial charge in [0.05, 0.1) is 19.0 Å². The molecule has 3 rings (SSSR count). The summed E-state index contributed by atoms with van der Waals surface area (Å²) in [6.07, 6.45) is 1.62. The molecule has 1 aromatic rings. The first-order chi connectivity index (χ1) is 40.8. The lowest BCUT2D eigenvalue weighted by atomic mass is 9.96. The van der Waals surface area contributed by atoms with Crippen molar-refractivity contribution in [3.63, 3.8) is 0 Å². The first kappa shape index (κ1) is 71.4. The number of nitrogens with zero attached hydrogens (tertiary/aromatic N) is 4. The molecule has 33 heteroatoms. The summed E-state index contributed by atoms with van der Waals surface area (Å²) in [5.41, 5.74) is 51.2. The van der Waals surface area contributed by atoms with Gasteiger partial charge in [-0.05, 0) is 88.7 Å². The lowest BCUT2D eigenvalue weighted by Crippen LogP contribution is -2.62. The highest BCUT2D eigenvalue weighted by molar-refractivity contribution is 5.99. The molecule has 0 saturated carbocycles. The summed E-state index contributed by atoms with van der Waals surface area (Å²) in [4.78, 5) is 165. The second-order valence-corrected chi connectivity index (χ2v) is 21.0.